The molecule has 0 fully saturated rings. The summed E-state index contributed by atoms with van der Waals surface area (Å²) in [5.41, 5.74) is -3.16. The van der Waals surface area contributed by atoms with Crippen LogP contribution in [0.4, 0.5) is 79.0 Å². The fraction of sp³-hybridized carbons (Fsp3) is 0.739. The van der Waals surface area contributed by atoms with E-state index < -0.39 is 85.1 Å². The van der Waals surface area contributed by atoms with Crippen LogP contribution in [-0.4, -0.2) is 65.8 Å². The van der Waals surface area contributed by atoms with Crippen LogP contribution in [0.1, 0.15) is 52.7 Å². The van der Waals surface area contributed by atoms with Crippen molar-refractivity contribution in [3.63, 3.8) is 0 Å². The lowest BCUT2D eigenvalue weighted by Gasteiger charge is -2.44. The predicted octanol–water partition coefficient (Wildman–Crippen LogP) is 9.18. The third kappa shape index (κ3) is 5.84. The SMILES string of the molecule is CC(C)(C)c1ccc(C(C)(C)C)c(OC(F)(F)C(F)(F)C(F)(F)C(F)(F)C(F)(F)C(F)(F)C(F)(F)C(F)(F)C(F)(F)S(=O)(=O)O)c1. The lowest BCUT2D eigenvalue weighted by molar-refractivity contribution is -0.469. The normalized spacial score (nSPS) is 16.1. The molecule has 0 aliphatic heterocycles. The Balaban J connectivity index is 3.92. The minimum atomic E-state index is -9.12. The molecule has 23 heteroatoms. The van der Waals surface area contributed by atoms with E-state index in [0.717, 1.165) is 6.07 Å². The lowest BCUT2D eigenvalue weighted by atomic mass is 9.81. The van der Waals surface area contributed by atoms with Crippen LogP contribution < -0.4 is 4.74 Å². The monoisotopic (exact) mass is 736 g/mol. The van der Waals surface area contributed by atoms with Gasteiger partial charge in [-0.15, -0.1) is 0 Å². The average Bonchev–Trinajstić information content (AvgIpc) is 2.80. The van der Waals surface area contributed by atoms with Crippen LogP contribution in [0.15, 0.2) is 18.2 Å². The minimum Gasteiger partial charge on any atom is -0.428 e. The molecule has 46 heavy (non-hydrogen) atoms. The van der Waals surface area contributed by atoms with Gasteiger partial charge in [0.1, 0.15) is 5.75 Å². The summed E-state index contributed by atoms with van der Waals surface area (Å²) >= 11 is 0. The summed E-state index contributed by atoms with van der Waals surface area (Å²) in [5, 5.41) is -7.96. The first-order chi connectivity index (χ1) is 19.6. The lowest BCUT2D eigenvalue weighted by Crippen LogP contribution is -2.76. The Morgan fingerprint density at radius 1 is 0.522 bits per heavy atom. The zero-order valence-electron chi connectivity index (χ0n) is 23.6. The van der Waals surface area contributed by atoms with E-state index in [9.17, 15) is 87.4 Å². The molecule has 0 atom stereocenters. The van der Waals surface area contributed by atoms with E-state index in [1.165, 1.54) is 47.6 Å². The van der Waals surface area contributed by atoms with Crippen molar-refractivity contribution in [1.29, 1.82) is 0 Å². The Kier molecular flexibility index (Phi) is 9.83. The molecule has 4 nitrogen and oxygen atoms in total. The predicted molar refractivity (Wildman–Crippen MR) is 121 cm³/mol. The standard InChI is InChI=1S/C23H22F18O4S/c1-13(2,3)10-7-8-11(14(4,5)6)12(9-10)45-22(38,39)20(34,35)18(30,31)16(26,27)15(24,25)17(28,29)19(32,33)21(36,37)23(40,41)46(42,43)44/h7-9H,1-6H3,(H,42,43,44). The second-order valence-electron chi connectivity index (χ2n) is 11.8. The van der Waals surface area contributed by atoms with Gasteiger partial charge < -0.3 is 4.74 Å². The number of ether oxygens (including phenoxy) is 1. The van der Waals surface area contributed by atoms with E-state index in [2.05, 4.69) is 4.74 Å². The van der Waals surface area contributed by atoms with Crippen LogP contribution in [-0.2, 0) is 20.9 Å². The van der Waals surface area contributed by atoms with E-state index >= 15 is 0 Å². The minimum absolute atomic E-state index is 0.0947. The first kappa shape index (κ1) is 41.7. The van der Waals surface area contributed by atoms with Gasteiger partial charge in [-0.3, -0.25) is 4.55 Å². The van der Waals surface area contributed by atoms with Crippen molar-refractivity contribution < 1.29 is 96.7 Å². The smallest absolute Gasteiger partial charge is 0.428 e. The van der Waals surface area contributed by atoms with Crippen LogP contribution in [0.2, 0.25) is 0 Å². The van der Waals surface area contributed by atoms with Crippen LogP contribution in [0, 0.1) is 0 Å². The average molecular weight is 736 g/mol. The summed E-state index contributed by atoms with van der Waals surface area (Å²) in [7, 11) is -8.02. The third-order valence-electron chi connectivity index (χ3n) is 6.31. The van der Waals surface area contributed by atoms with Crippen molar-refractivity contribution in [3.05, 3.63) is 29.3 Å². The Morgan fingerprint density at radius 3 is 1.15 bits per heavy atom. The molecule has 1 aromatic rings. The highest BCUT2D eigenvalue weighted by molar-refractivity contribution is 7.87. The summed E-state index contributed by atoms with van der Waals surface area (Å²) in [6.45, 7) is 7.65. The molecular weight excluding hydrogens is 714 g/mol. The van der Waals surface area contributed by atoms with E-state index in [-0.39, 0.29) is 5.56 Å². The Bertz CT molecular complexity index is 1410. The first-order valence-corrected chi connectivity index (χ1v) is 13.2. The van der Waals surface area contributed by atoms with Gasteiger partial charge in [-0.1, -0.05) is 53.7 Å². The molecule has 1 N–H and O–H groups in total. The number of hydrogen-bond donors (Lipinski definition) is 1. The van der Waals surface area contributed by atoms with Gasteiger partial charge in [0.15, 0.2) is 0 Å². The molecule has 270 valence electrons. The quantitative estimate of drug-likeness (QED) is 0.182. The molecule has 0 heterocycles. The highest BCUT2D eigenvalue weighted by atomic mass is 32.2. The summed E-state index contributed by atoms with van der Waals surface area (Å²) in [4.78, 5) is 0. The highest BCUT2D eigenvalue weighted by Crippen LogP contribution is 2.65. The molecule has 1 rings (SSSR count). The van der Waals surface area contributed by atoms with E-state index in [4.69, 9.17) is 4.55 Å². The second kappa shape index (κ2) is 10.8. The molecular formula is C23H22F18O4S. The molecule has 0 saturated heterocycles. The fourth-order valence-electron chi connectivity index (χ4n) is 3.41. The number of rotatable bonds is 11. The summed E-state index contributed by atoms with van der Waals surface area (Å²) in [6.07, 6.45) is -7.16. The maximum absolute atomic E-state index is 14.6. The molecule has 0 saturated carbocycles. The number of halogens is 18. The van der Waals surface area contributed by atoms with Crippen molar-refractivity contribution in [2.75, 3.05) is 0 Å². The van der Waals surface area contributed by atoms with Crippen LogP contribution in [0.25, 0.3) is 0 Å². The third-order valence-corrected chi connectivity index (χ3v) is 7.22. The van der Waals surface area contributed by atoms with Crippen molar-refractivity contribution in [2.24, 2.45) is 0 Å². The van der Waals surface area contributed by atoms with Gasteiger partial charge in [-0.05, 0) is 28.0 Å². The zero-order chi connectivity index (χ0) is 37.6. The molecule has 0 bridgehead atoms. The van der Waals surface area contributed by atoms with Gasteiger partial charge in [0.05, 0.1) is 0 Å². The Morgan fingerprint density at radius 2 is 0.848 bits per heavy atom. The van der Waals surface area contributed by atoms with Crippen LogP contribution in [0.3, 0.4) is 0 Å². The number of alkyl halides is 18. The largest absolute Gasteiger partial charge is 0.471 e. The van der Waals surface area contributed by atoms with Crippen molar-refractivity contribution in [3.8, 4) is 5.75 Å². The highest BCUT2D eigenvalue weighted by Gasteiger charge is 2.97. The van der Waals surface area contributed by atoms with E-state index in [0.29, 0.717) is 6.07 Å². The van der Waals surface area contributed by atoms with Crippen molar-refractivity contribution in [2.45, 2.75) is 105 Å². The van der Waals surface area contributed by atoms with Gasteiger partial charge in [0.25, 0.3) is 0 Å². The van der Waals surface area contributed by atoms with Gasteiger partial charge >= 0.3 is 62.9 Å². The maximum Gasteiger partial charge on any atom is 0.471 e. The Labute approximate surface area is 247 Å². The molecule has 0 spiro atoms. The summed E-state index contributed by atoms with van der Waals surface area (Å²) in [6, 6.07) is 2.56. The molecule has 0 unspecified atom stereocenters. The number of benzene rings is 1. The first-order valence-electron chi connectivity index (χ1n) is 11.8. The van der Waals surface area contributed by atoms with Crippen molar-refractivity contribution in [1.82, 2.24) is 0 Å². The molecule has 0 radical (unpaired) electrons. The molecule has 0 amide bonds. The van der Waals surface area contributed by atoms with E-state index in [1.54, 1.807) is 0 Å². The van der Waals surface area contributed by atoms with Crippen LogP contribution in [0.5, 0.6) is 5.75 Å². The topological polar surface area (TPSA) is 63.6 Å². The summed E-state index contributed by atoms with van der Waals surface area (Å²) in [5.74, 6) is -63.1. The second-order valence-corrected chi connectivity index (χ2v) is 13.3. The van der Waals surface area contributed by atoms with Crippen molar-refractivity contribution >= 4 is 10.1 Å². The van der Waals surface area contributed by atoms with Gasteiger partial charge in [0.2, 0.25) is 0 Å². The van der Waals surface area contributed by atoms with Gasteiger partial charge in [0, 0.05) is 0 Å². The summed E-state index contributed by atoms with van der Waals surface area (Å²) < 4.78 is 284. The molecule has 1 aromatic carbocycles. The van der Waals surface area contributed by atoms with Gasteiger partial charge in [-0.25, -0.2) is 0 Å². The number of hydrogen-bond acceptors (Lipinski definition) is 3. The zero-order valence-corrected chi connectivity index (χ0v) is 24.4. The van der Waals surface area contributed by atoms with E-state index in [1.807, 2.05) is 0 Å². The molecule has 0 aliphatic rings. The fourth-order valence-corrected chi connectivity index (χ4v) is 3.86. The maximum atomic E-state index is 14.6. The molecule has 0 aliphatic carbocycles. The van der Waals surface area contributed by atoms with Gasteiger partial charge in [-0.2, -0.15) is 87.4 Å². The molecule has 0 aromatic heterocycles. The van der Waals surface area contributed by atoms with Crippen LogP contribution >= 0.6 is 0 Å². The Hall–Kier alpha value is -2.33.